The summed E-state index contributed by atoms with van der Waals surface area (Å²) in [6.07, 6.45) is 1.65. The first-order valence-corrected chi connectivity index (χ1v) is 8.04. The van der Waals surface area contributed by atoms with Crippen molar-refractivity contribution in [3.63, 3.8) is 0 Å². The number of rotatable bonds is 5. The van der Waals surface area contributed by atoms with Gasteiger partial charge in [-0.25, -0.2) is 4.98 Å². The molecule has 6 heteroatoms. The molecular weight excluding hydrogens is 398 g/mol. The third kappa shape index (κ3) is 4.91. The molecule has 0 radical (unpaired) electrons. The van der Waals surface area contributed by atoms with Gasteiger partial charge in [-0.2, -0.15) is 0 Å². The summed E-state index contributed by atoms with van der Waals surface area (Å²) in [7, 11) is 0. The number of carbonyl (C=O) groups is 1. The first-order chi connectivity index (χ1) is 10.1. The van der Waals surface area contributed by atoms with Crippen LogP contribution in [0.1, 0.15) is 18.5 Å². The highest BCUT2D eigenvalue weighted by Gasteiger charge is 2.10. The lowest BCUT2D eigenvalue weighted by molar-refractivity contribution is -0.115. The normalized spacial score (nSPS) is 12.0. The van der Waals surface area contributed by atoms with Crippen LogP contribution in [0.3, 0.4) is 0 Å². The van der Waals surface area contributed by atoms with Gasteiger partial charge in [0.25, 0.3) is 0 Å². The van der Waals surface area contributed by atoms with Gasteiger partial charge in [0.2, 0.25) is 5.91 Å². The number of carbonyl (C=O) groups excluding carboxylic acids is 1. The Morgan fingerprint density at radius 3 is 2.67 bits per heavy atom. The minimum absolute atomic E-state index is 0.0733. The number of amides is 1. The third-order valence-corrected chi connectivity index (χ3v) is 4.13. The summed E-state index contributed by atoms with van der Waals surface area (Å²) in [6, 6.07) is 11.6. The molecule has 0 fully saturated rings. The van der Waals surface area contributed by atoms with Crippen LogP contribution in [0.25, 0.3) is 0 Å². The van der Waals surface area contributed by atoms with Crippen molar-refractivity contribution in [3.05, 3.63) is 57.1 Å². The number of halogens is 2. The fourth-order valence-electron chi connectivity index (χ4n) is 1.82. The maximum absolute atomic E-state index is 11.9. The third-order valence-electron chi connectivity index (χ3n) is 2.94. The Bertz CT molecular complexity index is 617. The molecule has 1 amide bonds. The number of benzene rings is 1. The van der Waals surface area contributed by atoms with E-state index in [4.69, 9.17) is 0 Å². The zero-order valence-electron chi connectivity index (χ0n) is 11.4. The quantitative estimate of drug-likeness (QED) is 0.782. The lowest BCUT2D eigenvalue weighted by Gasteiger charge is -2.15. The van der Waals surface area contributed by atoms with Crippen LogP contribution in [0.5, 0.6) is 0 Å². The van der Waals surface area contributed by atoms with E-state index in [1.54, 1.807) is 12.3 Å². The zero-order chi connectivity index (χ0) is 15.2. The van der Waals surface area contributed by atoms with Crippen LogP contribution in [0, 0.1) is 0 Å². The Labute approximate surface area is 140 Å². The molecule has 1 aromatic heterocycles. The molecule has 2 N–H and O–H groups in total. The molecule has 0 saturated carbocycles. The molecule has 4 nitrogen and oxygen atoms in total. The second-order valence-electron chi connectivity index (χ2n) is 4.53. The summed E-state index contributed by atoms with van der Waals surface area (Å²) in [5.41, 5.74) is 1.12. The summed E-state index contributed by atoms with van der Waals surface area (Å²) < 4.78 is 1.90. The second kappa shape index (κ2) is 7.68. The first kappa shape index (κ1) is 16.1. The van der Waals surface area contributed by atoms with Crippen molar-refractivity contribution in [1.29, 1.82) is 0 Å². The Kier molecular flexibility index (Phi) is 5.90. The van der Waals surface area contributed by atoms with E-state index in [1.807, 2.05) is 37.3 Å². The maximum Gasteiger partial charge on any atom is 0.239 e. The summed E-state index contributed by atoms with van der Waals surface area (Å²) >= 11 is 6.81. The number of pyridine rings is 1. The van der Waals surface area contributed by atoms with E-state index in [0.717, 1.165) is 14.5 Å². The largest absolute Gasteiger partial charge is 0.310 e. The van der Waals surface area contributed by atoms with Crippen molar-refractivity contribution in [1.82, 2.24) is 10.3 Å². The van der Waals surface area contributed by atoms with Gasteiger partial charge in [0.1, 0.15) is 5.82 Å². The molecule has 0 aliphatic carbocycles. The predicted octanol–water partition coefficient (Wildman–Crippen LogP) is 3.90. The summed E-state index contributed by atoms with van der Waals surface area (Å²) in [5, 5.41) is 5.94. The molecule has 0 aliphatic rings. The number of nitrogens with one attached hydrogen (secondary N) is 2. The van der Waals surface area contributed by atoms with Gasteiger partial charge < -0.3 is 10.6 Å². The van der Waals surface area contributed by atoms with Crippen LogP contribution in [0.2, 0.25) is 0 Å². The number of anilines is 1. The number of nitrogens with zero attached hydrogens (tertiary/aromatic N) is 1. The lowest BCUT2D eigenvalue weighted by Crippen LogP contribution is -2.30. The second-order valence-corrected chi connectivity index (χ2v) is 6.30. The fourth-order valence-corrected chi connectivity index (χ4v) is 2.68. The molecule has 0 aliphatic heterocycles. The molecule has 1 unspecified atom stereocenters. The number of hydrogen-bond donors (Lipinski definition) is 2. The highest BCUT2D eigenvalue weighted by molar-refractivity contribution is 9.10. The van der Waals surface area contributed by atoms with Crippen LogP contribution in [-0.4, -0.2) is 17.4 Å². The Hall–Kier alpha value is -1.24. The van der Waals surface area contributed by atoms with E-state index in [-0.39, 0.29) is 18.5 Å². The Morgan fingerprint density at radius 1 is 1.24 bits per heavy atom. The maximum atomic E-state index is 11.9. The monoisotopic (exact) mass is 411 g/mol. The van der Waals surface area contributed by atoms with Crippen LogP contribution >= 0.6 is 31.9 Å². The molecule has 21 heavy (non-hydrogen) atoms. The highest BCUT2D eigenvalue weighted by atomic mass is 79.9. The minimum atomic E-state index is -0.122. The van der Waals surface area contributed by atoms with Crippen molar-refractivity contribution in [2.24, 2.45) is 0 Å². The van der Waals surface area contributed by atoms with E-state index in [1.165, 1.54) is 0 Å². The van der Waals surface area contributed by atoms with Gasteiger partial charge in [0.05, 0.1) is 6.54 Å². The zero-order valence-corrected chi connectivity index (χ0v) is 14.6. The molecule has 0 spiro atoms. The van der Waals surface area contributed by atoms with Gasteiger partial charge in [0.15, 0.2) is 0 Å². The van der Waals surface area contributed by atoms with E-state index in [9.17, 15) is 4.79 Å². The minimum Gasteiger partial charge on any atom is -0.310 e. The average molecular weight is 413 g/mol. The highest BCUT2D eigenvalue weighted by Crippen LogP contribution is 2.22. The van der Waals surface area contributed by atoms with Crippen LogP contribution in [-0.2, 0) is 4.79 Å². The number of hydrogen-bond acceptors (Lipinski definition) is 3. The summed E-state index contributed by atoms with van der Waals surface area (Å²) in [5.74, 6) is 0.419. The lowest BCUT2D eigenvalue weighted by atomic mass is 10.1. The van der Waals surface area contributed by atoms with E-state index in [2.05, 4.69) is 47.5 Å². The molecule has 0 bridgehead atoms. The van der Waals surface area contributed by atoms with E-state index in [0.29, 0.717) is 5.82 Å². The molecular formula is C15H15Br2N3O. The molecule has 2 rings (SSSR count). The van der Waals surface area contributed by atoms with Gasteiger partial charge in [0, 0.05) is 21.2 Å². The number of aromatic nitrogens is 1. The van der Waals surface area contributed by atoms with Gasteiger partial charge in [-0.05, 0) is 46.6 Å². The topological polar surface area (TPSA) is 54.0 Å². The Morgan fingerprint density at radius 2 is 2.00 bits per heavy atom. The van der Waals surface area contributed by atoms with Crippen molar-refractivity contribution in [3.8, 4) is 0 Å². The van der Waals surface area contributed by atoms with Crippen molar-refractivity contribution in [2.45, 2.75) is 13.0 Å². The van der Waals surface area contributed by atoms with E-state index >= 15 is 0 Å². The SMILES string of the molecule is CC(NCC(=O)Nc1ccc(Br)cn1)c1ccccc1Br. The summed E-state index contributed by atoms with van der Waals surface area (Å²) in [4.78, 5) is 16.0. The van der Waals surface area contributed by atoms with Crippen LogP contribution in [0.4, 0.5) is 5.82 Å². The van der Waals surface area contributed by atoms with Crippen molar-refractivity contribution < 1.29 is 4.79 Å². The van der Waals surface area contributed by atoms with Crippen LogP contribution in [0.15, 0.2) is 51.5 Å². The van der Waals surface area contributed by atoms with Gasteiger partial charge in [-0.1, -0.05) is 34.1 Å². The molecule has 2 aromatic rings. The summed E-state index contributed by atoms with van der Waals surface area (Å²) in [6.45, 7) is 2.24. The molecule has 1 aromatic carbocycles. The van der Waals surface area contributed by atoms with Crippen molar-refractivity contribution >= 4 is 43.6 Å². The van der Waals surface area contributed by atoms with Crippen LogP contribution < -0.4 is 10.6 Å². The average Bonchev–Trinajstić information content (AvgIpc) is 2.48. The molecule has 1 atom stereocenters. The standard InChI is InChI=1S/C15H15Br2N3O/c1-10(12-4-2-3-5-13(12)17)18-9-15(21)20-14-7-6-11(16)8-19-14/h2-8,10,18H,9H2,1H3,(H,19,20,21). The molecule has 0 saturated heterocycles. The first-order valence-electron chi connectivity index (χ1n) is 6.45. The van der Waals surface area contributed by atoms with Gasteiger partial charge in [-0.3, -0.25) is 4.79 Å². The van der Waals surface area contributed by atoms with E-state index < -0.39 is 0 Å². The molecule has 1 heterocycles. The fraction of sp³-hybridized carbons (Fsp3) is 0.200. The van der Waals surface area contributed by atoms with Gasteiger partial charge >= 0.3 is 0 Å². The Balaban J connectivity index is 1.86. The van der Waals surface area contributed by atoms with Crippen molar-refractivity contribution in [2.75, 3.05) is 11.9 Å². The van der Waals surface area contributed by atoms with Gasteiger partial charge in [-0.15, -0.1) is 0 Å². The smallest absolute Gasteiger partial charge is 0.239 e. The predicted molar refractivity (Wildman–Crippen MR) is 91.1 cm³/mol. The molecule has 110 valence electrons.